The zero-order valence-electron chi connectivity index (χ0n) is 27.4. The van der Waals surface area contributed by atoms with E-state index in [4.69, 9.17) is 4.98 Å². The third-order valence-corrected chi connectivity index (χ3v) is 9.29. The predicted octanol–water partition coefficient (Wildman–Crippen LogP) is 5.47. The number of hydrogen-bond acceptors (Lipinski definition) is 13. The third kappa shape index (κ3) is 8.57. The SMILES string of the molecule is CCN(CC)c1ccc(/N=N/c2nc(N3CC[N+](C)(C)CC3)c(C=C3C(=O)c4ccccc4C3=C(C#N)C#N)s2)cc1.COS(=O)(=O)[O-]. The quantitative estimate of drug-likeness (QED) is 0.0736. The molecule has 15 heteroatoms. The smallest absolute Gasteiger partial charge is 0.232 e. The van der Waals surface area contributed by atoms with E-state index < -0.39 is 10.4 Å². The van der Waals surface area contributed by atoms with Crippen molar-refractivity contribution in [3.63, 3.8) is 0 Å². The van der Waals surface area contributed by atoms with E-state index >= 15 is 0 Å². The van der Waals surface area contributed by atoms with Gasteiger partial charge in [-0.1, -0.05) is 35.6 Å². The Morgan fingerprint density at radius 1 is 1.06 bits per heavy atom. The van der Waals surface area contributed by atoms with Crippen molar-refractivity contribution < 1.29 is 26.4 Å². The van der Waals surface area contributed by atoms with E-state index in [9.17, 15) is 28.3 Å². The summed E-state index contributed by atoms with van der Waals surface area (Å²) in [7, 11) is 0.819. The Bertz CT molecular complexity index is 1920. The summed E-state index contributed by atoms with van der Waals surface area (Å²) >= 11 is 1.34. The highest BCUT2D eigenvalue weighted by molar-refractivity contribution is 7.80. The number of nitriles is 2. The van der Waals surface area contributed by atoms with Crippen molar-refractivity contribution in [2.24, 2.45) is 10.2 Å². The van der Waals surface area contributed by atoms with Crippen molar-refractivity contribution in [3.05, 3.63) is 75.7 Å². The largest absolute Gasteiger partial charge is 0.726 e. The van der Waals surface area contributed by atoms with Crippen LogP contribution < -0.4 is 9.80 Å². The van der Waals surface area contributed by atoms with Gasteiger partial charge in [0.25, 0.3) is 0 Å². The van der Waals surface area contributed by atoms with Gasteiger partial charge < -0.3 is 18.8 Å². The molecule has 13 nitrogen and oxygen atoms in total. The highest BCUT2D eigenvalue weighted by Gasteiger charge is 2.34. The first-order valence-corrected chi connectivity index (χ1v) is 17.3. The van der Waals surface area contributed by atoms with Crippen LogP contribution in [0.4, 0.5) is 22.3 Å². The molecule has 0 amide bonds. The first-order chi connectivity index (χ1) is 22.8. The summed E-state index contributed by atoms with van der Waals surface area (Å²) in [5, 5.41) is 28.9. The lowest BCUT2D eigenvalue weighted by Gasteiger charge is -2.39. The molecule has 2 heterocycles. The number of likely N-dealkylation sites (N-methyl/N-ethyl adjacent to an activating group) is 1. The van der Waals surface area contributed by atoms with Gasteiger partial charge in [0, 0.05) is 35.5 Å². The normalized spacial score (nSPS) is 16.2. The van der Waals surface area contributed by atoms with E-state index in [1.54, 1.807) is 30.3 Å². The first kappa shape index (κ1) is 36.1. The van der Waals surface area contributed by atoms with Crippen LogP contribution in [0.5, 0.6) is 0 Å². The second-order valence-electron chi connectivity index (χ2n) is 11.4. The van der Waals surface area contributed by atoms with Crippen molar-refractivity contribution in [1.82, 2.24) is 4.98 Å². The van der Waals surface area contributed by atoms with Crippen molar-refractivity contribution in [3.8, 4) is 12.1 Å². The number of quaternary nitrogens is 1. The van der Waals surface area contributed by atoms with E-state index in [1.165, 1.54) is 11.3 Å². The fourth-order valence-electron chi connectivity index (χ4n) is 5.29. The minimum absolute atomic E-state index is 0.0873. The molecular weight excluding hydrogens is 653 g/mol. The number of piperazine rings is 1. The Morgan fingerprint density at radius 3 is 2.19 bits per heavy atom. The van der Waals surface area contributed by atoms with E-state index in [0.717, 1.165) is 72.9 Å². The monoisotopic (exact) mass is 688 g/mol. The Labute approximate surface area is 284 Å². The van der Waals surface area contributed by atoms with Gasteiger partial charge in [0.1, 0.15) is 23.5 Å². The minimum atomic E-state index is -4.41. The number of allylic oxidation sites excluding steroid dienone is 3. The number of rotatable bonds is 8. The summed E-state index contributed by atoms with van der Waals surface area (Å²) < 4.78 is 31.9. The molecule has 5 rings (SSSR count). The van der Waals surface area contributed by atoms with Crippen LogP contribution in [0.1, 0.15) is 34.6 Å². The number of benzene rings is 2. The summed E-state index contributed by atoms with van der Waals surface area (Å²) in [6.45, 7) is 9.62. The van der Waals surface area contributed by atoms with Gasteiger partial charge in [-0.3, -0.25) is 8.98 Å². The van der Waals surface area contributed by atoms with Crippen molar-refractivity contribution >= 4 is 61.5 Å². The maximum Gasteiger partial charge on any atom is 0.232 e. The minimum Gasteiger partial charge on any atom is -0.726 e. The van der Waals surface area contributed by atoms with Gasteiger partial charge in [-0.2, -0.15) is 15.5 Å². The van der Waals surface area contributed by atoms with Gasteiger partial charge >= 0.3 is 0 Å². The average Bonchev–Trinajstić information content (AvgIpc) is 3.60. The van der Waals surface area contributed by atoms with Crippen LogP contribution in [0.3, 0.4) is 0 Å². The lowest BCUT2D eigenvalue weighted by Crippen LogP contribution is -2.55. The lowest BCUT2D eigenvalue weighted by atomic mass is 9.99. The molecule has 0 atom stereocenters. The summed E-state index contributed by atoms with van der Waals surface area (Å²) in [4.78, 5) is 23.7. The number of Topliss-reactive ketones (excluding diaryl/α,β-unsaturated/α-hetero) is 1. The van der Waals surface area contributed by atoms with Gasteiger partial charge in [-0.25, -0.2) is 8.42 Å². The molecule has 0 bridgehead atoms. The molecule has 0 saturated carbocycles. The molecule has 2 aliphatic rings. The lowest BCUT2D eigenvalue weighted by molar-refractivity contribution is -0.890. The van der Waals surface area contributed by atoms with Gasteiger partial charge in [0.15, 0.2) is 5.78 Å². The Kier molecular flexibility index (Phi) is 11.6. The number of hydrogen-bond donors (Lipinski definition) is 0. The maximum absolute atomic E-state index is 13.6. The fraction of sp³-hybridized carbons (Fsp3) is 0.333. The predicted molar refractivity (Wildman–Crippen MR) is 184 cm³/mol. The molecule has 0 unspecified atom stereocenters. The number of carbonyl (C=O) groups is 1. The molecule has 2 aromatic carbocycles. The summed E-state index contributed by atoms with van der Waals surface area (Å²) in [6.07, 6.45) is 1.77. The zero-order chi connectivity index (χ0) is 35.1. The summed E-state index contributed by atoms with van der Waals surface area (Å²) in [5.41, 5.74) is 3.54. The standard InChI is InChI=1S/C32H33N8OS.CH4O4S/c1-5-38(6-2)24-13-11-23(12-14-24)36-37-32-35-31(39-15-17-40(3,4)18-16-39)28(42-32)19-27-29(22(20-33)21-34)25-9-7-8-10-26(25)30(27)41;1-5-6(2,3)4/h7-14,19H,5-6,15-18H2,1-4H3;1H3,(H,2,3,4)/q+1;/p-1/b27-19?,37-36+;. The Hall–Kier alpha value is -4.77. The van der Waals surface area contributed by atoms with Crippen LogP contribution in [-0.2, 0) is 14.6 Å². The Morgan fingerprint density at radius 2 is 1.65 bits per heavy atom. The van der Waals surface area contributed by atoms with Crippen molar-refractivity contribution in [1.29, 1.82) is 10.5 Å². The van der Waals surface area contributed by atoms with Gasteiger partial charge in [0.05, 0.1) is 57.9 Å². The second-order valence-corrected chi connectivity index (χ2v) is 13.6. The third-order valence-electron chi connectivity index (χ3n) is 8.01. The van der Waals surface area contributed by atoms with Crippen molar-refractivity contribution in [2.75, 3.05) is 70.3 Å². The average molecular weight is 689 g/mol. The van der Waals surface area contributed by atoms with Crippen LogP contribution in [0.25, 0.3) is 11.6 Å². The van der Waals surface area contributed by atoms with Gasteiger partial charge in [-0.05, 0) is 49.8 Å². The number of ketones is 1. The Balaban J connectivity index is 0.000000794. The van der Waals surface area contributed by atoms with E-state index in [2.05, 4.69) is 52.2 Å². The number of anilines is 2. The molecule has 1 fully saturated rings. The molecular formula is C33H36N8O5S2. The second kappa shape index (κ2) is 15.4. The molecule has 1 aromatic heterocycles. The summed E-state index contributed by atoms with van der Waals surface area (Å²) in [5.74, 6) is 0.521. The molecule has 250 valence electrons. The van der Waals surface area contributed by atoms with Crippen LogP contribution in [0, 0.1) is 22.7 Å². The number of fused-ring (bicyclic) bond motifs is 1. The topological polar surface area (TPSA) is 175 Å². The summed E-state index contributed by atoms with van der Waals surface area (Å²) in [6, 6.07) is 19.0. The van der Waals surface area contributed by atoms with Crippen LogP contribution in [0.15, 0.2) is 69.9 Å². The fourth-order valence-corrected chi connectivity index (χ4v) is 6.14. The van der Waals surface area contributed by atoms with Crippen molar-refractivity contribution in [2.45, 2.75) is 13.8 Å². The van der Waals surface area contributed by atoms with E-state index in [-0.39, 0.29) is 11.4 Å². The molecule has 1 saturated heterocycles. The number of thiazole rings is 1. The highest BCUT2D eigenvalue weighted by Crippen LogP contribution is 2.43. The molecule has 1 aliphatic carbocycles. The number of aromatic nitrogens is 1. The number of carbonyl (C=O) groups excluding carboxylic acids is 1. The zero-order valence-corrected chi connectivity index (χ0v) is 29.0. The molecule has 48 heavy (non-hydrogen) atoms. The highest BCUT2D eigenvalue weighted by atomic mass is 32.3. The van der Waals surface area contributed by atoms with Crippen LogP contribution in [-0.4, -0.2) is 88.7 Å². The molecule has 0 spiro atoms. The first-order valence-electron chi connectivity index (χ1n) is 15.1. The molecule has 0 radical (unpaired) electrons. The van der Waals surface area contributed by atoms with Crippen LogP contribution in [0.2, 0.25) is 0 Å². The van der Waals surface area contributed by atoms with Gasteiger partial charge in [-0.15, -0.1) is 10.2 Å². The molecule has 3 aromatic rings. The van der Waals surface area contributed by atoms with Gasteiger partial charge in [0.2, 0.25) is 15.5 Å². The molecule has 1 aliphatic heterocycles. The number of azo groups is 1. The van der Waals surface area contributed by atoms with Crippen LogP contribution >= 0.6 is 11.3 Å². The van der Waals surface area contributed by atoms with E-state index in [1.807, 2.05) is 36.4 Å². The van der Waals surface area contributed by atoms with E-state index in [0.29, 0.717) is 27.4 Å². The molecule has 0 N–H and O–H groups in total. The number of nitrogens with zero attached hydrogens (tertiary/aromatic N) is 8. The maximum atomic E-state index is 13.6.